The molecule has 0 radical (unpaired) electrons. The van der Waals surface area contributed by atoms with E-state index in [1.807, 2.05) is 6.92 Å². The average molecular weight is 268 g/mol. The van der Waals surface area contributed by atoms with Gasteiger partial charge in [0.05, 0.1) is 4.90 Å². The topological polar surface area (TPSA) is 63.4 Å². The number of benzene rings is 1. The number of nitrogen functional groups attached to an aromatic ring is 1. The monoisotopic (exact) mass is 268 g/mol. The molecule has 18 heavy (non-hydrogen) atoms. The zero-order valence-electron chi connectivity index (χ0n) is 11.1. The smallest absolute Gasteiger partial charge is 0.243 e. The van der Waals surface area contributed by atoms with Gasteiger partial charge in [0.25, 0.3) is 0 Å². The highest BCUT2D eigenvalue weighted by Crippen LogP contribution is 2.23. The largest absolute Gasteiger partial charge is 0.399 e. The summed E-state index contributed by atoms with van der Waals surface area (Å²) in [6, 6.07) is 5.00. The summed E-state index contributed by atoms with van der Waals surface area (Å²) < 4.78 is 26.2. The Balaban J connectivity index is 3.27. The number of hydrogen-bond donors (Lipinski definition) is 1. The Labute approximate surface area is 109 Å². The number of aryl methyl sites for hydroxylation is 1. The molecule has 0 aromatic heterocycles. The van der Waals surface area contributed by atoms with Crippen molar-refractivity contribution in [3.63, 3.8) is 0 Å². The first-order valence-corrected chi connectivity index (χ1v) is 7.22. The van der Waals surface area contributed by atoms with E-state index in [2.05, 4.69) is 6.58 Å². The van der Waals surface area contributed by atoms with Crippen molar-refractivity contribution in [1.29, 1.82) is 0 Å². The minimum atomic E-state index is -3.51. The molecular weight excluding hydrogens is 248 g/mol. The highest BCUT2D eigenvalue weighted by atomic mass is 32.2. The lowest BCUT2D eigenvalue weighted by Gasteiger charge is -2.19. The lowest BCUT2D eigenvalue weighted by Crippen LogP contribution is -2.29. The molecule has 0 bridgehead atoms. The standard InChI is InChI=1S/C13H20N2O2S/c1-5-11-6-7-12(14)8-13(11)18(16,17)15(4)9-10(2)3/h6-8H,2,5,9,14H2,1,3-4H3. The van der Waals surface area contributed by atoms with Gasteiger partial charge in [-0.25, -0.2) is 8.42 Å². The molecule has 1 aromatic carbocycles. The molecule has 0 aliphatic rings. The Hall–Kier alpha value is -1.33. The fourth-order valence-electron chi connectivity index (χ4n) is 1.74. The van der Waals surface area contributed by atoms with Gasteiger partial charge < -0.3 is 5.73 Å². The minimum Gasteiger partial charge on any atom is -0.399 e. The highest BCUT2D eigenvalue weighted by molar-refractivity contribution is 7.89. The number of nitrogens with zero attached hydrogens (tertiary/aromatic N) is 1. The van der Waals surface area contributed by atoms with Gasteiger partial charge in [0.2, 0.25) is 10.0 Å². The molecule has 2 N–H and O–H groups in total. The number of likely N-dealkylation sites (N-methyl/N-ethyl adjacent to an activating group) is 1. The van der Waals surface area contributed by atoms with E-state index in [1.54, 1.807) is 26.1 Å². The third-order valence-corrected chi connectivity index (χ3v) is 4.54. The lowest BCUT2D eigenvalue weighted by molar-refractivity contribution is 0.492. The molecule has 1 aromatic rings. The molecule has 0 unspecified atom stereocenters. The van der Waals surface area contributed by atoms with E-state index in [1.165, 1.54) is 10.4 Å². The normalized spacial score (nSPS) is 11.8. The van der Waals surface area contributed by atoms with Crippen LogP contribution in [0, 0.1) is 0 Å². The number of nitrogens with two attached hydrogens (primary N) is 1. The predicted octanol–water partition coefficient (Wildman–Crippen LogP) is 2.03. The van der Waals surface area contributed by atoms with Crippen molar-refractivity contribution >= 4 is 15.7 Å². The molecule has 100 valence electrons. The second-order valence-electron chi connectivity index (χ2n) is 4.44. The van der Waals surface area contributed by atoms with Crippen molar-refractivity contribution in [2.45, 2.75) is 25.2 Å². The number of rotatable bonds is 5. The third kappa shape index (κ3) is 3.11. The summed E-state index contributed by atoms with van der Waals surface area (Å²) in [4.78, 5) is 0.286. The van der Waals surface area contributed by atoms with Gasteiger partial charge in [-0.15, -0.1) is 0 Å². The van der Waals surface area contributed by atoms with Crippen molar-refractivity contribution in [1.82, 2.24) is 4.31 Å². The Kier molecular flexibility index (Phi) is 4.53. The summed E-state index contributed by atoms with van der Waals surface area (Å²) in [6.07, 6.45) is 0.649. The Morgan fingerprint density at radius 3 is 2.56 bits per heavy atom. The minimum absolute atomic E-state index is 0.286. The van der Waals surface area contributed by atoms with Crippen LogP contribution in [0.15, 0.2) is 35.2 Å². The van der Waals surface area contributed by atoms with Crippen LogP contribution in [0.3, 0.4) is 0 Å². The van der Waals surface area contributed by atoms with Gasteiger partial charge in [-0.2, -0.15) is 4.31 Å². The molecular formula is C13H20N2O2S. The van der Waals surface area contributed by atoms with Crippen LogP contribution < -0.4 is 5.73 Å². The maximum absolute atomic E-state index is 12.4. The maximum atomic E-state index is 12.4. The van der Waals surface area contributed by atoms with Crippen LogP contribution in [0.2, 0.25) is 0 Å². The van der Waals surface area contributed by atoms with Crippen molar-refractivity contribution in [3.8, 4) is 0 Å². The summed E-state index contributed by atoms with van der Waals surface area (Å²) in [6.45, 7) is 7.76. The zero-order valence-corrected chi connectivity index (χ0v) is 11.9. The van der Waals surface area contributed by atoms with Gasteiger partial charge in [0.15, 0.2) is 0 Å². The summed E-state index contributed by atoms with van der Waals surface area (Å²) >= 11 is 0. The summed E-state index contributed by atoms with van der Waals surface area (Å²) in [5.74, 6) is 0. The third-order valence-electron chi connectivity index (χ3n) is 2.65. The predicted molar refractivity (Wildman–Crippen MR) is 74.9 cm³/mol. The number of anilines is 1. The molecule has 0 atom stereocenters. The van der Waals surface area contributed by atoms with Gasteiger partial charge in [-0.3, -0.25) is 0 Å². The molecule has 0 saturated carbocycles. The van der Waals surface area contributed by atoms with Crippen molar-refractivity contribution < 1.29 is 8.42 Å². The van der Waals surface area contributed by atoms with Gasteiger partial charge >= 0.3 is 0 Å². The van der Waals surface area contributed by atoms with E-state index in [-0.39, 0.29) is 4.90 Å². The molecule has 5 heteroatoms. The van der Waals surface area contributed by atoms with Crippen molar-refractivity contribution in [3.05, 3.63) is 35.9 Å². The Morgan fingerprint density at radius 2 is 2.06 bits per heavy atom. The first kappa shape index (κ1) is 14.7. The maximum Gasteiger partial charge on any atom is 0.243 e. The molecule has 0 aliphatic carbocycles. The van der Waals surface area contributed by atoms with Crippen molar-refractivity contribution in [2.24, 2.45) is 0 Å². The fourth-order valence-corrected chi connectivity index (χ4v) is 3.29. The Bertz CT molecular complexity index is 550. The van der Waals surface area contributed by atoms with Gasteiger partial charge in [-0.05, 0) is 31.0 Å². The molecule has 0 aliphatic heterocycles. The van der Waals surface area contributed by atoms with Crippen LogP contribution in [-0.2, 0) is 16.4 Å². The zero-order chi connectivity index (χ0) is 13.9. The van der Waals surface area contributed by atoms with Crippen LogP contribution in [0.4, 0.5) is 5.69 Å². The quantitative estimate of drug-likeness (QED) is 0.656. The summed E-state index contributed by atoms with van der Waals surface area (Å²) in [5.41, 5.74) is 7.70. The van der Waals surface area contributed by atoms with Gasteiger partial charge in [0, 0.05) is 19.3 Å². The average Bonchev–Trinajstić information content (AvgIpc) is 2.28. The van der Waals surface area contributed by atoms with E-state index in [0.717, 1.165) is 11.1 Å². The second-order valence-corrected chi connectivity index (χ2v) is 6.45. The lowest BCUT2D eigenvalue weighted by atomic mass is 10.1. The molecule has 0 saturated heterocycles. The van der Waals surface area contributed by atoms with Crippen LogP contribution in [0.25, 0.3) is 0 Å². The van der Waals surface area contributed by atoms with E-state index in [0.29, 0.717) is 18.7 Å². The second kappa shape index (κ2) is 5.54. The van der Waals surface area contributed by atoms with Crippen LogP contribution in [-0.4, -0.2) is 26.3 Å². The van der Waals surface area contributed by atoms with E-state index in [4.69, 9.17) is 5.73 Å². The van der Waals surface area contributed by atoms with E-state index in [9.17, 15) is 8.42 Å². The summed E-state index contributed by atoms with van der Waals surface area (Å²) in [5, 5.41) is 0. The SMILES string of the molecule is C=C(C)CN(C)S(=O)(=O)c1cc(N)ccc1CC. The summed E-state index contributed by atoms with van der Waals surface area (Å²) in [7, 11) is -1.96. The molecule has 0 amide bonds. The number of sulfonamides is 1. The molecule has 0 fully saturated rings. The van der Waals surface area contributed by atoms with Crippen LogP contribution in [0.5, 0.6) is 0 Å². The molecule has 0 spiro atoms. The van der Waals surface area contributed by atoms with Gasteiger partial charge in [-0.1, -0.05) is 25.1 Å². The van der Waals surface area contributed by atoms with Crippen LogP contribution in [0.1, 0.15) is 19.4 Å². The first-order chi connectivity index (χ1) is 8.28. The molecule has 4 nitrogen and oxygen atoms in total. The van der Waals surface area contributed by atoms with Crippen molar-refractivity contribution in [2.75, 3.05) is 19.3 Å². The van der Waals surface area contributed by atoms with E-state index < -0.39 is 10.0 Å². The van der Waals surface area contributed by atoms with Gasteiger partial charge in [0.1, 0.15) is 0 Å². The first-order valence-electron chi connectivity index (χ1n) is 5.78. The number of hydrogen-bond acceptors (Lipinski definition) is 3. The van der Waals surface area contributed by atoms with E-state index >= 15 is 0 Å². The Morgan fingerprint density at radius 1 is 1.44 bits per heavy atom. The molecule has 1 rings (SSSR count). The highest BCUT2D eigenvalue weighted by Gasteiger charge is 2.23. The molecule has 0 heterocycles. The fraction of sp³-hybridized carbons (Fsp3) is 0.385. The van der Waals surface area contributed by atoms with Crippen LogP contribution >= 0.6 is 0 Å².